The minimum atomic E-state index is -2.89. The van der Waals surface area contributed by atoms with Gasteiger partial charge in [0, 0.05) is 54.3 Å². The average Bonchev–Trinajstić information content (AvgIpc) is 3.56. The lowest BCUT2D eigenvalue weighted by Crippen LogP contribution is -2.41. The van der Waals surface area contributed by atoms with Crippen LogP contribution in [-0.4, -0.2) is 45.1 Å². The second kappa shape index (κ2) is 8.83. The van der Waals surface area contributed by atoms with Gasteiger partial charge in [-0.25, -0.2) is 9.97 Å². The van der Waals surface area contributed by atoms with Crippen LogP contribution in [-0.2, 0) is 11.2 Å². The minimum Gasteiger partial charge on any atom is -0.481 e. The van der Waals surface area contributed by atoms with E-state index < -0.39 is 18.0 Å². The molecule has 1 saturated carbocycles. The van der Waals surface area contributed by atoms with Gasteiger partial charge in [0.15, 0.2) is 0 Å². The van der Waals surface area contributed by atoms with E-state index in [4.69, 9.17) is 4.74 Å². The van der Waals surface area contributed by atoms with E-state index in [0.29, 0.717) is 18.5 Å². The van der Waals surface area contributed by atoms with Crippen LogP contribution in [0, 0.1) is 18.3 Å². The highest BCUT2D eigenvalue weighted by molar-refractivity contribution is 5.80. The molecule has 2 unspecified atom stereocenters. The van der Waals surface area contributed by atoms with Crippen LogP contribution in [0.5, 0.6) is 5.75 Å². The SMILES string of the molecule is Cc1nc2ccc(-c3ccc(N4CCC5CC5(C(=O)O)C4)nc3)cn2c1Cc1ccccc1OC(F)F. The largest absolute Gasteiger partial charge is 0.481 e. The van der Waals surface area contributed by atoms with Gasteiger partial charge in [0.05, 0.1) is 11.1 Å². The van der Waals surface area contributed by atoms with Crippen molar-refractivity contribution in [3.05, 3.63) is 77.9 Å². The lowest BCUT2D eigenvalue weighted by atomic mass is 9.97. The Bertz CT molecular complexity index is 1490. The number of rotatable bonds is 7. The van der Waals surface area contributed by atoms with E-state index in [1.807, 2.05) is 41.8 Å². The monoisotopic (exact) mass is 504 g/mol. The van der Waals surface area contributed by atoms with E-state index in [1.165, 1.54) is 0 Å². The number of hydrogen-bond acceptors (Lipinski definition) is 5. The van der Waals surface area contributed by atoms with Crippen LogP contribution in [0.25, 0.3) is 16.8 Å². The van der Waals surface area contributed by atoms with Crippen LogP contribution in [0.4, 0.5) is 14.6 Å². The Balaban J connectivity index is 1.27. The molecule has 1 aliphatic carbocycles. The van der Waals surface area contributed by atoms with E-state index in [1.54, 1.807) is 30.5 Å². The number of pyridine rings is 2. The zero-order chi connectivity index (χ0) is 25.7. The first-order chi connectivity index (χ1) is 17.8. The van der Waals surface area contributed by atoms with Gasteiger partial charge < -0.3 is 19.1 Å². The number of hydrogen-bond donors (Lipinski definition) is 1. The highest BCUT2D eigenvalue weighted by Gasteiger charge is 2.62. The molecule has 6 rings (SSSR count). The molecule has 1 aromatic carbocycles. The number of aryl methyl sites for hydroxylation is 1. The Morgan fingerprint density at radius 1 is 1.19 bits per heavy atom. The summed E-state index contributed by atoms with van der Waals surface area (Å²) in [5, 5.41) is 9.66. The number of fused-ring (bicyclic) bond motifs is 2. The molecule has 1 aliphatic heterocycles. The number of carbonyl (C=O) groups is 1. The molecule has 4 aromatic rings. The third kappa shape index (κ3) is 4.18. The normalized spacial score (nSPS) is 20.8. The standard InChI is InChI=1S/C28H26F2N4O3/c1-17-22(12-18-4-2-3-5-23(18)37-27(29)30)34-15-20(7-9-25(34)32-17)19-6-8-24(31-14-19)33-11-10-21-13-28(21,16-33)26(35)36/h2-9,14-15,21,27H,10-13,16H2,1H3,(H,35,36). The summed E-state index contributed by atoms with van der Waals surface area (Å²) in [6, 6.07) is 14.6. The zero-order valence-electron chi connectivity index (χ0n) is 20.3. The molecule has 7 nitrogen and oxygen atoms in total. The Morgan fingerprint density at radius 2 is 2.00 bits per heavy atom. The van der Waals surface area contributed by atoms with Crippen molar-refractivity contribution < 1.29 is 23.4 Å². The molecule has 3 aromatic heterocycles. The fourth-order valence-electron chi connectivity index (χ4n) is 5.59. The van der Waals surface area contributed by atoms with Gasteiger partial charge in [-0.2, -0.15) is 8.78 Å². The maximum atomic E-state index is 12.9. The Morgan fingerprint density at radius 3 is 2.76 bits per heavy atom. The number of ether oxygens (including phenoxy) is 1. The zero-order valence-corrected chi connectivity index (χ0v) is 20.3. The lowest BCUT2D eigenvalue weighted by molar-refractivity contribution is -0.143. The number of nitrogens with zero attached hydrogens (tertiary/aromatic N) is 4. The number of alkyl halides is 2. The molecule has 2 atom stereocenters. The Kier molecular flexibility index (Phi) is 5.58. The number of piperidine rings is 1. The second-order valence-electron chi connectivity index (χ2n) is 9.93. The first-order valence-corrected chi connectivity index (χ1v) is 12.3. The van der Waals surface area contributed by atoms with Crippen molar-refractivity contribution in [3.63, 3.8) is 0 Å². The van der Waals surface area contributed by atoms with Crippen molar-refractivity contribution in [1.29, 1.82) is 0 Å². The van der Waals surface area contributed by atoms with Crippen LogP contribution in [0.1, 0.15) is 29.8 Å². The van der Waals surface area contributed by atoms with Gasteiger partial charge in [-0.15, -0.1) is 0 Å². The summed E-state index contributed by atoms with van der Waals surface area (Å²) in [6.45, 7) is 0.324. The number of benzene rings is 1. The predicted molar refractivity (Wildman–Crippen MR) is 134 cm³/mol. The maximum absolute atomic E-state index is 12.9. The molecule has 0 spiro atoms. The summed E-state index contributed by atoms with van der Waals surface area (Å²) in [5.74, 6) is 0.518. The van der Waals surface area contributed by atoms with E-state index in [9.17, 15) is 18.7 Å². The minimum absolute atomic E-state index is 0.155. The van der Waals surface area contributed by atoms with Crippen molar-refractivity contribution >= 4 is 17.4 Å². The van der Waals surface area contributed by atoms with E-state index in [0.717, 1.165) is 53.4 Å². The van der Waals surface area contributed by atoms with Crippen LogP contribution >= 0.6 is 0 Å². The van der Waals surface area contributed by atoms with Gasteiger partial charge in [0.1, 0.15) is 17.2 Å². The summed E-state index contributed by atoms with van der Waals surface area (Å²) in [5.41, 5.74) is 4.36. The molecule has 1 N–H and O–H groups in total. The maximum Gasteiger partial charge on any atom is 0.387 e. The summed E-state index contributed by atoms with van der Waals surface area (Å²) < 4.78 is 32.5. The fourth-order valence-corrected chi connectivity index (χ4v) is 5.59. The van der Waals surface area contributed by atoms with Gasteiger partial charge in [-0.1, -0.05) is 18.2 Å². The van der Waals surface area contributed by atoms with Crippen molar-refractivity contribution in [2.45, 2.75) is 32.8 Å². The van der Waals surface area contributed by atoms with Crippen molar-refractivity contribution in [2.24, 2.45) is 11.3 Å². The van der Waals surface area contributed by atoms with Gasteiger partial charge in [0.2, 0.25) is 0 Å². The van der Waals surface area contributed by atoms with Gasteiger partial charge >= 0.3 is 12.6 Å². The highest BCUT2D eigenvalue weighted by atomic mass is 19.3. The quantitative estimate of drug-likeness (QED) is 0.373. The van der Waals surface area contributed by atoms with Crippen molar-refractivity contribution in [3.8, 4) is 16.9 Å². The molecule has 0 radical (unpaired) electrons. The number of carboxylic acids is 1. The number of para-hydroxylation sites is 1. The van der Waals surface area contributed by atoms with E-state index in [-0.39, 0.29) is 11.7 Å². The predicted octanol–water partition coefficient (Wildman–Crippen LogP) is 5.20. The number of carboxylic acid groups (broad SMARTS) is 1. The number of halogens is 2. The molecule has 0 amide bonds. The first kappa shape index (κ1) is 23.4. The fraction of sp³-hybridized carbons (Fsp3) is 0.321. The van der Waals surface area contributed by atoms with Gasteiger partial charge in [-0.05, 0) is 56.0 Å². The molecule has 9 heteroatoms. The molecule has 2 aliphatic rings. The number of anilines is 1. The van der Waals surface area contributed by atoms with Crippen LogP contribution < -0.4 is 9.64 Å². The van der Waals surface area contributed by atoms with E-state index >= 15 is 0 Å². The smallest absolute Gasteiger partial charge is 0.387 e. The Hall–Kier alpha value is -4.01. The summed E-state index contributed by atoms with van der Waals surface area (Å²) in [4.78, 5) is 23.1. The van der Waals surface area contributed by atoms with Crippen LogP contribution in [0.3, 0.4) is 0 Å². The third-order valence-electron chi connectivity index (χ3n) is 7.75. The van der Waals surface area contributed by atoms with Gasteiger partial charge in [-0.3, -0.25) is 4.79 Å². The van der Waals surface area contributed by atoms with Crippen molar-refractivity contribution in [1.82, 2.24) is 14.4 Å². The molecule has 0 bridgehead atoms. The summed E-state index contributed by atoms with van der Waals surface area (Å²) in [6.07, 6.45) is 5.80. The van der Waals surface area contributed by atoms with Crippen LogP contribution in [0.2, 0.25) is 0 Å². The molecule has 37 heavy (non-hydrogen) atoms. The Labute approximate surface area is 212 Å². The lowest BCUT2D eigenvalue weighted by Gasteiger charge is -2.31. The number of imidazole rings is 1. The van der Waals surface area contributed by atoms with Crippen molar-refractivity contribution in [2.75, 3.05) is 18.0 Å². The molecule has 4 heterocycles. The molecule has 1 saturated heterocycles. The van der Waals surface area contributed by atoms with Gasteiger partial charge in [0.25, 0.3) is 0 Å². The number of aromatic nitrogens is 3. The van der Waals surface area contributed by atoms with E-state index in [2.05, 4.69) is 14.9 Å². The third-order valence-corrected chi connectivity index (χ3v) is 7.75. The number of aliphatic carboxylic acids is 1. The molecule has 2 fully saturated rings. The molecular weight excluding hydrogens is 478 g/mol. The second-order valence-corrected chi connectivity index (χ2v) is 9.93. The van der Waals surface area contributed by atoms with Crippen LogP contribution in [0.15, 0.2) is 60.9 Å². The average molecular weight is 505 g/mol. The summed E-state index contributed by atoms with van der Waals surface area (Å²) in [7, 11) is 0. The molecule has 190 valence electrons. The topological polar surface area (TPSA) is 80.0 Å². The first-order valence-electron chi connectivity index (χ1n) is 12.3. The summed E-state index contributed by atoms with van der Waals surface area (Å²) >= 11 is 0. The molecular formula is C28H26F2N4O3. The highest BCUT2D eigenvalue weighted by Crippen LogP contribution is 2.57.